The molecule has 0 radical (unpaired) electrons. The fourth-order valence-corrected chi connectivity index (χ4v) is 4.80. The molecule has 0 bridgehead atoms. The molecule has 5 atom stereocenters. The van der Waals surface area contributed by atoms with Crippen molar-refractivity contribution in [1.82, 2.24) is 20.9 Å². The summed E-state index contributed by atoms with van der Waals surface area (Å²) in [6, 6.07) is -4.10. The third kappa shape index (κ3) is 8.82. The Kier molecular flexibility index (Phi) is 12.0. The fourth-order valence-electron chi connectivity index (χ4n) is 4.80. The minimum atomic E-state index is -1.40. The van der Waals surface area contributed by atoms with E-state index in [0.717, 1.165) is 12.8 Å². The van der Waals surface area contributed by atoms with Crippen molar-refractivity contribution in [2.75, 3.05) is 6.54 Å². The van der Waals surface area contributed by atoms with E-state index in [2.05, 4.69) is 16.0 Å². The summed E-state index contributed by atoms with van der Waals surface area (Å²) in [5.41, 5.74) is 0. The number of carboxylic acids is 1. The summed E-state index contributed by atoms with van der Waals surface area (Å²) in [5.74, 6) is -3.58. The van der Waals surface area contributed by atoms with Gasteiger partial charge in [-0.2, -0.15) is 0 Å². The van der Waals surface area contributed by atoms with Gasteiger partial charge < -0.3 is 26.0 Å². The molecule has 2 aliphatic rings. The largest absolute Gasteiger partial charge is 0.481 e. The number of Topliss-reactive ketones (excluding diaryl/α,β-unsaturated/α-hetero) is 1. The monoisotopic (exact) mass is 522 g/mol. The number of carboxylic acid groups (broad SMARTS) is 1. The molecule has 2 rings (SSSR count). The topological polar surface area (TPSA) is 162 Å². The number of unbranched alkanes of at least 4 members (excludes halogenated alkanes) is 2. The number of piperidine rings is 1. The number of amides is 4. The van der Waals surface area contributed by atoms with Crippen molar-refractivity contribution in [3.8, 4) is 0 Å². The first-order valence-corrected chi connectivity index (χ1v) is 13.5. The van der Waals surface area contributed by atoms with E-state index in [9.17, 15) is 33.9 Å². The molecule has 0 aromatic heterocycles. The number of nitrogens with one attached hydrogen (secondary N) is 3. The number of ketones is 1. The summed E-state index contributed by atoms with van der Waals surface area (Å²) in [4.78, 5) is 77.8. The molecule has 208 valence electrons. The molecule has 2 saturated heterocycles. The second-order valence-electron chi connectivity index (χ2n) is 10.1. The minimum Gasteiger partial charge on any atom is -0.481 e. The molecule has 37 heavy (non-hydrogen) atoms. The summed E-state index contributed by atoms with van der Waals surface area (Å²) >= 11 is 0. The second kappa shape index (κ2) is 14.7. The number of fused-ring (bicyclic) bond motifs is 1. The van der Waals surface area contributed by atoms with Gasteiger partial charge in [-0.05, 0) is 38.0 Å². The van der Waals surface area contributed by atoms with Crippen LogP contribution in [0.15, 0.2) is 0 Å². The Bertz CT molecular complexity index is 862. The lowest BCUT2D eigenvalue weighted by Crippen LogP contribution is -2.64. The maximum absolute atomic E-state index is 13.6. The van der Waals surface area contributed by atoms with E-state index in [-0.39, 0.29) is 24.0 Å². The van der Waals surface area contributed by atoms with Crippen LogP contribution < -0.4 is 16.0 Å². The predicted molar refractivity (Wildman–Crippen MR) is 135 cm³/mol. The Morgan fingerprint density at radius 1 is 0.946 bits per heavy atom. The summed E-state index contributed by atoms with van der Waals surface area (Å²) in [7, 11) is 0. The molecule has 1 unspecified atom stereocenters. The third-order valence-electron chi connectivity index (χ3n) is 7.35. The smallest absolute Gasteiger partial charge is 0.305 e. The van der Waals surface area contributed by atoms with E-state index < -0.39 is 54.3 Å². The van der Waals surface area contributed by atoms with Gasteiger partial charge in [-0.3, -0.25) is 28.8 Å². The van der Waals surface area contributed by atoms with Gasteiger partial charge in [0, 0.05) is 19.4 Å². The molecule has 11 heteroatoms. The summed E-state index contributed by atoms with van der Waals surface area (Å²) < 4.78 is 0. The van der Waals surface area contributed by atoms with Crippen LogP contribution in [-0.2, 0) is 28.8 Å². The molecule has 0 aromatic rings. The number of aliphatic carboxylic acids is 1. The zero-order valence-corrected chi connectivity index (χ0v) is 22.2. The first kappa shape index (κ1) is 30.2. The van der Waals surface area contributed by atoms with Crippen molar-refractivity contribution in [3.05, 3.63) is 0 Å². The lowest BCUT2D eigenvalue weighted by atomic mass is 9.93. The van der Waals surface area contributed by atoms with Gasteiger partial charge in [0.1, 0.15) is 30.0 Å². The first-order chi connectivity index (χ1) is 17.6. The highest BCUT2D eigenvalue weighted by molar-refractivity contribution is 5.98. The summed E-state index contributed by atoms with van der Waals surface area (Å²) in [6.45, 7) is 5.85. The molecule has 0 saturated carbocycles. The highest BCUT2D eigenvalue weighted by atomic mass is 16.4. The van der Waals surface area contributed by atoms with Crippen molar-refractivity contribution in [3.63, 3.8) is 0 Å². The van der Waals surface area contributed by atoms with Gasteiger partial charge >= 0.3 is 5.97 Å². The third-order valence-corrected chi connectivity index (χ3v) is 7.35. The Morgan fingerprint density at radius 2 is 1.62 bits per heavy atom. The Hall–Kier alpha value is -2.98. The molecule has 11 nitrogen and oxygen atoms in total. The minimum absolute atomic E-state index is 0.164. The molecule has 0 aromatic carbocycles. The number of hydrogen-bond acceptors (Lipinski definition) is 6. The van der Waals surface area contributed by atoms with Gasteiger partial charge in [-0.25, -0.2) is 0 Å². The van der Waals surface area contributed by atoms with Crippen LogP contribution in [-0.4, -0.2) is 76.1 Å². The zero-order chi connectivity index (χ0) is 27.5. The van der Waals surface area contributed by atoms with Crippen molar-refractivity contribution in [2.45, 2.75) is 116 Å². The van der Waals surface area contributed by atoms with Gasteiger partial charge in [-0.15, -0.1) is 0 Å². The maximum Gasteiger partial charge on any atom is 0.305 e. The average molecular weight is 523 g/mol. The molecule has 2 aliphatic heterocycles. The number of carbonyl (C=O) groups excluding carboxylic acids is 5. The quantitative estimate of drug-likeness (QED) is 0.297. The predicted octanol–water partition coefficient (Wildman–Crippen LogP) is 1.29. The fraction of sp³-hybridized carbons (Fsp3) is 0.769. The summed E-state index contributed by atoms with van der Waals surface area (Å²) in [5, 5.41) is 17.3. The van der Waals surface area contributed by atoms with Crippen LogP contribution in [0.5, 0.6) is 0 Å². The van der Waals surface area contributed by atoms with Gasteiger partial charge in [-0.1, -0.05) is 40.0 Å². The maximum atomic E-state index is 13.6. The Labute approximate surface area is 218 Å². The van der Waals surface area contributed by atoms with Gasteiger partial charge in [0.05, 0.1) is 6.42 Å². The van der Waals surface area contributed by atoms with Gasteiger partial charge in [0.25, 0.3) is 0 Å². The van der Waals surface area contributed by atoms with Crippen LogP contribution in [0.25, 0.3) is 0 Å². The molecule has 0 spiro atoms. The van der Waals surface area contributed by atoms with Crippen LogP contribution in [0.4, 0.5) is 0 Å². The molecule has 0 aliphatic carbocycles. The lowest BCUT2D eigenvalue weighted by Gasteiger charge is -2.39. The first-order valence-electron chi connectivity index (χ1n) is 13.5. The highest BCUT2D eigenvalue weighted by Crippen LogP contribution is 2.22. The van der Waals surface area contributed by atoms with E-state index >= 15 is 0 Å². The van der Waals surface area contributed by atoms with Crippen molar-refractivity contribution in [1.29, 1.82) is 0 Å². The van der Waals surface area contributed by atoms with Crippen molar-refractivity contribution in [2.24, 2.45) is 5.92 Å². The number of nitrogens with zero attached hydrogens (tertiary/aromatic N) is 1. The highest BCUT2D eigenvalue weighted by Gasteiger charge is 2.40. The van der Waals surface area contributed by atoms with Crippen LogP contribution >= 0.6 is 0 Å². The number of hydrogen-bond donors (Lipinski definition) is 4. The van der Waals surface area contributed by atoms with E-state index in [1.165, 1.54) is 4.90 Å². The molecule has 2 fully saturated rings. The molecule has 2 heterocycles. The SMILES string of the molecule is CCC(=O)CCCCC[C@@H]1NC(=O)[C@H]2CCCCN2C(=O)[C@H](C(C)CC)NC(=O)[C@H](CC(=O)O)NC1=O. The number of rotatable bonds is 11. The van der Waals surface area contributed by atoms with Crippen LogP contribution in [0.1, 0.15) is 91.4 Å². The summed E-state index contributed by atoms with van der Waals surface area (Å²) in [6.07, 6.45) is 4.92. The molecule has 4 amide bonds. The molecule has 4 N–H and O–H groups in total. The number of carbonyl (C=O) groups is 6. The average Bonchev–Trinajstić information content (AvgIpc) is 2.88. The normalized spacial score (nSPS) is 26.1. The van der Waals surface area contributed by atoms with Gasteiger partial charge in [0.2, 0.25) is 23.6 Å². The standard InChI is InChI=1S/C26H42N4O7/c1-4-16(3)22-26(37)30-14-10-9-13-20(30)25(36)27-18(12-8-6-7-11-17(31)5-2)23(34)28-19(15-21(32)33)24(35)29-22/h16,18-20,22H,4-15H2,1-3H3,(H,27,36)(H,28,34)(H,29,35)(H,32,33)/t16?,18-,19-,20+,22-/m0/s1. The van der Waals surface area contributed by atoms with Crippen molar-refractivity contribution >= 4 is 35.4 Å². The Morgan fingerprint density at radius 3 is 2.27 bits per heavy atom. The van der Waals surface area contributed by atoms with E-state index in [4.69, 9.17) is 0 Å². The van der Waals surface area contributed by atoms with Crippen LogP contribution in [0, 0.1) is 5.92 Å². The second-order valence-corrected chi connectivity index (χ2v) is 10.1. The van der Waals surface area contributed by atoms with E-state index in [1.807, 2.05) is 13.8 Å². The van der Waals surface area contributed by atoms with Gasteiger partial charge in [0.15, 0.2) is 0 Å². The van der Waals surface area contributed by atoms with Crippen molar-refractivity contribution < 1.29 is 33.9 Å². The van der Waals surface area contributed by atoms with E-state index in [1.54, 1.807) is 6.92 Å². The molecular formula is C26H42N4O7. The lowest BCUT2D eigenvalue weighted by molar-refractivity contribution is -0.148. The molecular weight excluding hydrogens is 480 g/mol. The Balaban J connectivity index is 2.32. The zero-order valence-electron chi connectivity index (χ0n) is 22.2. The van der Waals surface area contributed by atoms with E-state index in [0.29, 0.717) is 51.5 Å². The van der Waals surface area contributed by atoms with Crippen LogP contribution in [0.3, 0.4) is 0 Å². The van der Waals surface area contributed by atoms with Crippen LogP contribution in [0.2, 0.25) is 0 Å².